The zero-order chi connectivity index (χ0) is 13.1. The van der Waals surface area contributed by atoms with Gasteiger partial charge in [0.1, 0.15) is 5.82 Å². The quantitative estimate of drug-likeness (QED) is 0.848. The van der Waals surface area contributed by atoms with Crippen LogP contribution >= 0.6 is 0 Å². The minimum atomic E-state index is -0.143. The first-order valence-corrected chi connectivity index (χ1v) is 6.00. The number of hydrogen-bond acceptors (Lipinski definition) is 2. The Morgan fingerprint density at radius 2 is 1.88 bits per heavy atom. The van der Waals surface area contributed by atoms with Gasteiger partial charge in [0.15, 0.2) is 0 Å². The highest BCUT2D eigenvalue weighted by Crippen LogP contribution is 2.17. The number of benzene rings is 1. The summed E-state index contributed by atoms with van der Waals surface area (Å²) in [5.74, 6) is -0.143. The van der Waals surface area contributed by atoms with Crippen molar-refractivity contribution in [2.45, 2.75) is 32.4 Å². The number of hydrogen-bond donors (Lipinski definition) is 1. The molecule has 0 radical (unpaired) electrons. The molecule has 0 saturated heterocycles. The van der Waals surface area contributed by atoms with E-state index in [4.69, 9.17) is 0 Å². The van der Waals surface area contributed by atoms with Gasteiger partial charge in [-0.15, -0.1) is 0 Å². The van der Waals surface area contributed by atoms with Crippen molar-refractivity contribution in [3.05, 3.63) is 35.6 Å². The third-order valence-electron chi connectivity index (χ3n) is 3.42. The van der Waals surface area contributed by atoms with Crippen molar-refractivity contribution in [1.82, 2.24) is 10.2 Å². The summed E-state index contributed by atoms with van der Waals surface area (Å²) in [6.07, 6.45) is 0. The van der Waals surface area contributed by atoms with E-state index in [-0.39, 0.29) is 17.4 Å². The second-order valence-corrected chi connectivity index (χ2v) is 5.33. The smallest absolute Gasteiger partial charge is 0.127 e. The molecule has 0 fully saturated rings. The minimum absolute atomic E-state index is 0.0235. The second-order valence-electron chi connectivity index (χ2n) is 5.33. The highest BCUT2D eigenvalue weighted by molar-refractivity contribution is 5.20. The summed E-state index contributed by atoms with van der Waals surface area (Å²) in [7, 11) is 4.10. The summed E-state index contributed by atoms with van der Waals surface area (Å²) in [6, 6.07) is 6.94. The van der Waals surface area contributed by atoms with Crippen LogP contribution < -0.4 is 5.32 Å². The topological polar surface area (TPSA) is 15.3 Å². The maximum atomic E-state index is 13.6. The van der Waals surface area contributed by atoms with Crippen LogP contribution in [0.4, 0.5) is 4.39 Å². The number of likely N-dealkylation sites (N-methyl/N-ethyl adjacent to an activating group) is 1. The lowest BCUT2D eigenvalue weighted by atomic mass is 10.0. The third-order valence-corrected chi connectivity index (χ3v) is 3.42. The zero-order valence-electron chi connectivity index (χ0n) is 11.4. The Morgan fingerprint density at radius 3 is 2.41 bits per heavy atom. The number of rotatable bonds is 5. The summed E-state index contributed by atoms with van der Waals surface area (Å²) in [5, 5.41) is 3.38. The van der Waals surface area contributed by atoms with Gasteiger partial charge >= 0.3 is 0 Å². The van der Waals surface area contributed by atoms with Crippen LogP contribution in [0.5, 0.6) is 0 Å². The van der Waals surface area contributed by atoms with Gasteiger partial charge in [0, 0.05) is 23.7 Å². The summed E-state index contributed by atoms with van der Waals surface area (Å²) in [5.41, 5.74) is 0.779. The Kier molecular flexibility index (Phi) is 4.66. The van der Waals surface area contributed by atoms with Crippen LogP contribution in [0.3, 0.4) is 0 Å². The highest BCUT2D eigenvalue weighted by Gasteiger charge is 2.21. The summed E-state index contributed by atoms with van der Waals surface area (Å²) < 4.78 is 13.6. The molecule has 1 aromatic carbocycles. The summed E-state index contributed by atoms with van der Waals surface area (Å²) in [4.78, 5) is 2.16. The molecule has 0 spiro atoms. The second kappa shape index (κ2) is 5.61. The van der Waals surface area contributed by atoms with Crippen molar-refractivity contribution in [2.75, 3.05) is 20.6 Å². The van der Waals surface area contributed by atoms with Gasteiger partial charge in [-0.25, -0.2) is 4.39 Å². The lowest BCUT2D eigenvalue weighted by molar-refractivity contribution is 0.185. The Labute approximate surface area is 104 Å². The Bertz CT molecular complexity index is 361. The van der Waals surface area contributed by atoms with E-state index in [1.165, 1.54) is 6.07 Å². The van der Waals surface area contributed by atoms with Crippen molar-refractivity contribution in [1.29, 1.82) is 0 Å². The van der Waals surface area contributed by atoms with Crippen LogP contribution in [-0.4, -0.2) is 31.1 Å². The van der Waals surface area contributed by atoms with E-state index in [1.807, 2.05) is 19.1 Å². The van der Waals surface area contributed by atoms with E-state index in [1.54, 1.807) is 6.07 Å². The molecular weight excluding hydrogens is 215 g/mol. The maximum Gasteiger partial charge on any atom is 0.127 e. The number of nitrogens with one attached hydrogen (secondary N) is 1. The molecular formula is C14H23FN2. The molecule has 1 aromatic rings. The molecule has 1 unspecified atom stereocenters. The van der Waals surface area contributed by atoms with Gasteiger partial charge in [-0.1, -0.05) is 18.2 Å². The first kappa shape index (κ1) is 14.1. The Balaban J connectivity index is 2.62. The van der Waals surface area contributed by atoms with Crippen LogP contribution in [0.15, 0.2) is 24.3 Å². The summed E-state index contributed by atoms with van der Waals surface area (Å²) in [6.45, 7) is 7.13. The van der Waals surface area contributed by atoms with E-state index < -0.39 is 0 Å². The molecule has 0 bridgehead atoms. The van der Waals surface area contributed by atoms with Gasteiger partial charge in [-0.3, -0.25) is 0 Å². The van der Waals surface area contributed by atoms with E-state index in [2.05, 4.69) is 38.2 Å². The molecule has 0 aromatic heterocycles. The molecule has 17 heavy (non-hydrogen) atoms. The summed E-state index contributed by atoms with van der Waals surface area (Å²) >= 11 is 0. The normalized spacial score (nSPS) is 14.1. The van der Waals surface area contributed by atoms with Crippen molar-refractivity contribution in [3.63, 3.8) is 0 Å². The molecule has 1 atom stereocenters. The van der Waals surface area contributed by atoms with Gasteiger partial charge < -0.3 is 10.2 Å². The van der Waals surface area contributed by atoms with Crippen molar-refractivity contribution in [2.24, 2.45) is 0 Å². The van der Waals surface area contributed by atoms with Gasteiger partial charge in [0.05, 0.1) is 0 Å². The molecule has 1 N–H and O–H groups in total. The first-order chi connectivity index (χ1) is 7.84. The first-order valence-electron chi connectivity index (χ1n) is 6.00. The van der Waals surface area contributed by atoms with Crippen molar-refractivity contribution >= 4 is 0 Å². The largest absolute Gasteiger partial charge is 0.308 e. The van der Waals surface area contributed by atoms with Gasteiger partial charge in [-0.05, 0) is 40.9 Å². The SMILES string of the molecule is CC(NCC(C)(C)N(C)C)c1ccccc1F. The predicted octanol–water partition coefficient (Wildman–Crippen LogP) is 2.82. The van der Waals surface area contributed by atoms with Crippen LogP contribution in [0, 0.1) is 5.82 Å². The van der Waals surface area contributed by atoms with Crippen LogP contribution in [0.25, 0.3) is 0 Å². The Morgan fingerprint density at radius 1 is 1.29 bits per heavy atom. The molecule has 0 heterocycles. The third kappa shape index (κ3) is 3.79. The lowest BCUT2D eigenvalue weighted by Gasteiger charge is -2.34. The molecule has 1 rings (SSSR count). The fourth-order valence-corrected chi connectivity index (χ4v) is 1.50. The molecule has 2 nitrogen and oxygen atoms in total. The molecule has 0 aliphatic rings. The lowest BCUT2D eigenvalue weighted by Crippen LogP contribution is -2.47. The van der Waals surface area contributed by atoms with Gasteiger partial charge in [0.2, 0.25) is 0 Å². The molecule has 0 saturated carbocycles. The zero-order valence-corrected chi connectivity index (χ0v) is 11.4. The fourth-order valence-electron chi connectivity index (χ4n) is 1.50. The standard InChI is InChI=1S/C14H23FN2/c1-11(12-8-6-7-9-13(12)15)16-10-14(2,3)17(4)5/h6-9,11,16H,10H2,1-5H3. The molecule has 3 heteroatoms. The fraction of sp³-hybridized carbons (Fsp3) is 0.571. The van der Waals surface area contributed by atoms with Crippen LogP contribution in [0.1, 0.15) is 32.4 Å². The Hall–Kier alpha value is -0.930. The van der Waals surface area contributed by atoms with Crippen molar-refractivity contribution < 1.29 is 4.39 Å². The average molecular weight is 238 g/mol. The molecule has 96 valence electrons. The van der Waals surface area contributed by atoms with Crippen LogP contribution in [-0.2, 0) is 0 Å². The van der Waals surface area contributed by atoms with Gasteiger partial charge in [-0.2, -0.15) is 0 Å². The minimum Gasteiger partial charge on any atom is -0.308 e. The van der Waals surface area contributed by atoms with Gasteiger partial charge in [0.25, 0.3) is 0 Å². The number of halogens is 1. The number of nitrogens with zero attached hydrogens (tertiary/aromatic N) is 1. The van der Waals surface area contributed by atoms with E-state index in [0.717, 1.165) is 12.1 Å². The average Bonchev–Trinajstić information content (AvgIpc) is 2.26. The van der Waals surface area contributed by atoms with E-state index in [9.17, 15) is 4.39 Å². The highest BCUT2D eigenvalue weighted by atomic mass is 19.1. The van der Waals surface area contributed by atoms with Crippen LogP contribution in [0.2, 0.25) is 0 Å². The molecule has 0 aliphatic heterocycles. The maximum absolute atomic E-state index is 13.6. The van der Waals surface area contributed by atoms with E-state index in [0.29, 0.717) is 0 Å². The molecule has 0 amide bonds. The monoisotopic (exact) mass is 238 g/mol. The van der Waals surface area contributed by atoms with E-state index >= 15 is 0 Å². The van der Waals surface area contributed by atoms with Crippen molar-refractivity contribution in [3.8, 4) is 0 Å². The molecule has 0 aliphatic carbocycles. The predicted molar refractivity (Wildman–Crippen MR) is 70.6 cm³/mol.